The van der Waals surface area contributed by atoms with E-state index in [0.717, 1.165) is 4.88 Å². The SMILES string of the molecule is Cc1cc(CNC(=O)c2cccc(C#N)c2)sc1C. The maximum atomic E-state index is 12.0. The molecule has 4 heteroatoms. The Kier molecular flexibility index (Phi) is 3.98. The van der Waals surface area contributed by atoms with E-state index >= 15 is 0 Å². The fourth-order valence-electron chi connectivity index (χ4n) is 1.74. The summed E-state index contributed by atoms with van der Waals surface area (Å²) in [6.07, 6.45) is 0. The Hall–Kier alpha value is -2.12. The second-order valence-corrected chi connectivity index (χ2v) is 5.67. The molecule has 0 saturated carbocycles. The van der Waals surface area contributed by atoms with Crippen molar-refractivity contribution in [3.63, 3.8) is 0 Å². The molecule has 0 aliphatic carbocycles. The monoisotopic (exact) mass is 270 g/mol. The van der Waals surface area contributed by atoms with Crippen molar-refractivity contribution >= 4 is 17.2 Å². The van der Waals surface area contributed by atoms with Gasteiger partial charge in [-0.2, -0.15) is 5.26 Å². The Balaban J connectivity index is 2.03. The summed E-state index contributed by atoms with van der Waals surface area (Å²) in [4.78, 5) is 14.4. The van der Waals surface area contributed by atoms with E-state index < -0.39 is 0 Å². The fourth-order valence-corrected chi connectivity index (χ4v) is 2.73. The molecule has 1 heterocycles. The van der Waals surface area contributed by atoms with Gasteiger partial charge in [0, 0.05) is 15.3 Å². The summed E-state index contributed by atoms with van der Waals surface area (Å²) in [5, 5.41) is 11.7. The quantitative estimate of drug-likeness (QED) is 0.931. The standard InChI is InChI=1S/C15H14N2OS/c1-10-6-14(19-11(10)2)9-17-15(18)13-5-3-4-12(7-13)8-16/h3-7H,9H2,1-2H3,(H,17,18). The van der Waals surface area contributed by atoms with E-state index in [4.69, 9.17) is 5.26 Å². The molecule has 2 rings (SSSR count). The van der Waals surface area contributed by atoms with Crippen molar-refractivity contribution in [3.8, 4) is 6.07 Å². The molecule has 1 aromatic carbocycles. The van der Waals surface area contributed by atoms with Crippen LogP contribution in [-0.4, -0.2) is 5.91 Å². The molecule has 0 radical (unpaired) electrons. The molecule has 0 fully saturated rings. The van der Waals surface area contributed by atoms with Gasteiger partial charge in [0.25, 0.3) is 5.91 Å². The van der Waals surface area contributed by atoms with E-state index in [2.05, 4.69) is 25.2 Å². The van der Waals surface area contributed by atoms with E-state index in [1.54, 1.807) is 35.6 Å². The smallest absolute Gasteiger partial charge is 0.251 e. The third kappa shape index (κ3) is 3.21. The lowest BCUT2D eigenvalue weighted by atomic mass is 10.1. The third-order valence-electron chi connectivity index (χ3n) is 2.89. The maximum absolute atomic E-state index is 12.0. The average Bonchev–Trinajstić information content (AvgIpc) is 2.75. The summed E-state index contributed by atoms with van der Waals surface area (Å²) in [5.41, 5.74) is 2.26. The number of thiophene rings is 1. The molecule has 0 saturated heterocycles. The van der Waals surface area contributed by atoms with Crippen LogP contribution in [-0.2, 0) is 6.54 Å². The molecule has 1 N–H and O–H groups in total. The number of hydrogen-bond acceptors (Lipinski definition) is 3. The highest BCUT2D eigenvalue weighted by molar-refractivity contribution is 7.12. The molecule has 96 valence electrons. The number of aryl methyl sites for hydroxylation is 2. The van der Waals surface area contributed by atoms with E-state index in [1.165, 1.54) is 10.4 Å². The van der Waals surface area contributed by atoms with Gasteiger partial charge >= 0.3 is 0 Å². The number of benzene rings is 1. The lowest BCUT2D eigenvalue weighted by Crippen LogP contribution is -2.22. The van der Waals surface area contributed by atoms with Gasteiger partial charge in [-0.25, -0.2) is 0 Å². The number of nitrogens with zero attached hydrogens (tertiary/aromatic N) is 1. The predicted octanol–water partition coefficient (Wildman–Crippen LogP) is 3.17. The van der Waals surface area contributed by atoms with Gasteiger partial charge in [-0.15, -0.1) is 11.3 Å². The fraction of sp³-hybridized carbons (Fsp3) is 0.200. The Morgan fingerprint density at radius 2 is 2.16 bits per heavy atom. The van der Waals surface area contributed by atoms with E-state index in [0.29, 0.717) is 17.7 Å². The summed E-state index contributed by atoms with van der Waals surface area (Å²) in [6.45, 7) is 4.66. The molecule has 0 aliphatic rings. The van der Waals surface area contributed by atoms with Gasteiger partial charge in [0.15, 0.2) is 0 Å². The second kappa shape index (κ2) is 5.68. The molecule has 2 aromatic rings. The summed E-state index contributed by atoms with van der Waals surface area (Å²) in [5.74, 6) is -0.152. The van der Waals surface area contributed by atoms with Crippen LogP contribution >= 0.6 is 11.3 Å². The van der Waals surface area contributed by atoms with Gasteiger partial charge in [0.2, 0.25) is 0 Å². The van der Waals surface area contributed by atoms with Crippen LogP contribution < -0.4 is 5.32 Å². The molecular weight excluding hydrogens is 256 g/mol. The number of nitrogens with one attached hydrogen (secondary N) is 1. The van der Waals surface area contributed by atoms with Crippen molar-refractivity contribution in [2.45, 2.75) is 20.4 Å². The van der Waals surface area contributed by atoms with E-state index in [1.807, 2.05) is 6.07 Å². The van der Waals surface area contributed by atoms with Crippen LogP contribution in [0.15, 0.2) is 30.3 Å². The summed E-state index contributed by atoms with van der Waals surface area (Å²) < 4.78 is 0. The third-order valence-corrected chi connectivity index (χ3v) is 4.05. The minimum atomic E-state index is -0.152. The van der Waals surface area contributed by atoms with Crippen molar-refractivity contribution in [1.29, 1.82) is 5.26 Å². The largest absolute Gasteiger partial charge is 0.347 e. The Labute approximate surface area is 116 Å². The molecule has 0 unspecified atom stereocenters. The van der Waals surface area contributed by atoms with Gasteiger partial charge in [0.1, 0.15) is 0 Å². The molecule has 19 heavy (non-hydrogen) atoms. The summed E-state index contributed by atoms with van der Waals surface area (Å²) in [7, 11) is 0. The Bertz CT molecular complexity index is 633. The van der Waals surface area contributed by atoms with E-state index in [9.17, 15) is 4.79 Å². The normalized spacial score (nSPS) is 9.95. The highest BCUT2D eigenvalue weighted by Gasteiger charge is 2.07. The minimum absolute atomic E-state index is 0.152. The minimum Gasteiger partial charge on any atom is -0.347 e. The first-order chi connectivity index (χ1) is 9.10. The van der Waals surface area contributed by atoms with Crippen molar-refractivity contribution in [3.05, 3.63) is 56.8 Å². The molecule has 0 bridgehead atoms. The molecule has 0 spiro atoms. The van der Waals surface area contributed by atoms with Crippen LogP contribution in [0.3, 0.4) is 0 Å². The topological polar surface area (TPSA) is 52.9 Å². The second-order valence-electron chi connectivity index (χ2n) is 4.33. The van der Waals surface area contributed by atoms with Gasteiger partial charge in [-0.3, -0.25) is 4.79 Å². The molecule has 0 aliphatic heterocycles. The summed E-state index contributed by atoms with van der Waals surface area (Å²) >= 11 is 1.69. The summed E-state index contributed by atoms with van der Waals surface area (Å²) in [6, 6.07) is 10.8. The number of carbonyl (C=O) groups excluding carboxylic acids is 1. The molecule has 0 atom stereocenters. The number of rotatable bonds is 3. The van der Waals surface area contributed by atoms with Gasteiger partial charge in [0.05, 0.1) is 18.2 Å². The van der Waals surface area contributed by atoms with Crippen LogP contribution in [0.1, 0.15) is 31.2 Å². The van der Waals surface area contributed by atoms with Gasteiger partial charge in [-0.1, -0.05) is 6.07 Å². The van der Waals surface area contributed by atoms with Crippen LogP contribution in [0.25, 0.3) is 0 Å². The number of nitriles is 1. The first-order valence-electron chi connectivity index (χ1n) is 5.94. The first kappa shape index (κ1) is 13.3. The van der Waals surface area contributed by atoms with Gasteiger partial charge < -0.3 is 5.32 Å². The maximum Gasteiger partial charge on any atom is 0.251 e. The molecule has 1 aromatic heterocycles. The zero-order chi connectivity index (χ0) is 13.8. The zero-order valence-corrected chi connectivity index (χ0v) is 11.7. The number of carbonyl (C=O) groups is 1. The van der Waals surface area contributed by atoms with Crippen LogP contribution in [0.5, 0.6) is 0 Å². The molecule has 3 nitrogen and oxygen atoms in total. The van der Waals surface area contributed by atoms with Gasteiger partial charge in [-0.05, 0) is 43.7 Å². The van der Waals surface area contributed by atoms with Crippen molar-refractivity contribution in [1.82, 2.24) is 5.32 Å². The van der Waals surface area contributed by atoms with Crippen LogP contribution in [0.4, 0.5) is 0 Å². The zero-order valence-electron chi connectivity index (χ0n) is 10.9. The predicted molar refractivity (Wildman–Crippen MR) is 76.1 cm³/mol. The Morgan fingerprint density at radius 1 is 1.37 bits per heavy atom. The molecular formula is C15H14N2OS. The highest BCUT2D eigenvalue weighted by atomic mass is 32.1. The first-order valence-corrected chi connectivity index (χ1v) is 6.76. The highest BCUT2D eigenvalue weighted by Crippen LogP contribution is 2.20. The Morgan fingerprint density at radius 3 is 2.79 bits per heavy atom. The van der Waals surface area contributed by atoms with Crippen LogP contribution in [0.2, 0.25) is 0 Å². The number of amides is 1. The van der Waals surface area contributed by atoms with Crippen molar-refractivity contribution in [2.75, 3.05) is 0 Å². The van der Waals surface area contributed by atoms with Crippen molar-refractivity contribution in [2.24, 2.45) is 0 Å². The van der Waals surface area contributed by atoms with Crippen LogP contribution in [0, 0.1) is 25.2 Å². The van der Waals surface area contributed by atoms with E-state index in [-0.39, 0.29) is 5.91 Å². The lowest BCUT2D eigenvalue weighted by Gasteiger charge is -2.03. The average molecular weight is 270 g/mol. The lowest BCUT2D eigenvalue weighted by molar-refractivity contribution is 0.0951. The van der Waals surface area contributed by atoms with Crippen molar-refractivity contribution < 1.29 is 4.79 Å². The number of hydrogen-bond donors (Lipinski definition) is 1. The molecule has 1 amide bonds.